The third kappa shape index (κ3) is 2.45. The van der Waals surface area contributed by atoms with Crippen LogP contribution in [0.5, 0.6) is 5.75 Å². The first-order valence-corrected chi connectivity index (χ1v) is 5.46. The van der Waals surface area contributed by atoms with Crippen molar-refractivity contribution >= 4 is 6.03 Å². The molecule has 0 unspecified atom stereocenters. The highest BCUT2D eigenvalue weighted by molar-refractivity contribution is 5.76. The maximum Gasteiger partial charge on any atom is 0.315 e. The van der Waals surface area contributed by atoms with Gasteiger partial charge in [0, 0.05) is 6.54 Å². The molecule has 2 N–H and O–H groups in total. The molecule has 1 heterocycles. The summed E-state index contributed by atoms with van der Waals surface area (Å²) in [4.78, 5) is 11.0. The lowest BCUT2D eigenvalue weighted by atomic mass is 10.1. The first kappa shape index (κ1) is 10.8. The number of carbonyl (C=O) groups excluding carboxylic acids is 1. The van der Waals surface area contributed by atoms with E-state index >= 15 is 0 Å². The van der Waals surface area contributed by atoms with Crippen LogP contribution < -0.4 is 15.4 Å². The molecule has 0 bridgehead atoms. The average molecular weight is 220 g/mol. The van der Waals surface area contributed by atoms with Gasteiger partial charge in [-0.25, -0.2) is 4.79 Å². The number of benzene rings is 1. The van der Waals surface area contributed by atoms with Crippen LogP contribution in [0.1, 0.15) is 25.5 Å². The monoisotopic (exact) mass is 220 g/mol. The van der Waals surface area contributed by atoms with E-state index in [-0.39, 0.29) is 18.2 Å². The van der Waals surface area contributed by atoms with E-state index in [0.29, 0.717) is 6.54 Å². The second kappa shape index (κ2) is 4.43. The number of hydrogen-bond acceptors (Lipinski definition) is 2. The van der Waals surface area contributed by atoms with Crippen molar-refractivity contribution in [2.75, 3.05) is 6.54 Å². The molecule has 16 heavy (non-hydrogen) atoms. The van der Waals surface area contributed by atoms with Gasteiger partial charge in [0.2, 0.25) is 0 Å². The Labute approximate surface area is 95.0 Å². The van der Waals surface area contributed by atoms with Crippen LogP contribution in [0.25, 0.3) is 0 Å². The lowest BCUT2D eigenvalue weighted by molar-refractivity contribution is 0.242. The van der Waals surface area contributed by atoms with Gasteiger partial charge in [-0.3, -0.25) is 0 Å². The minimum atomic E-state index is -0.104. The third-order valence-electron chi connectivity index (χ3n) is 2.43. The smallest absolute Gasteiger partial charge is 0.315 e. The predicted octanol–water partition coefficient (Wildman–Crippen LogP) is 1.83. The van der Waals surface area contributed by atoms with Gasteiger partial charge in [0.15, 0.2) is 0 Å². The number of ether oxygens (including phenoxy) is 1. The van der Waals surface area contributed by atoms with Gasteiger partial charge in [0.05, 0.1) is 12.1 Å². The number of urea groups is 1. The number of rotatable bonds is 3. The van der Waals surface area contributed by atoms with Crippen molar-refractivity contribution in [2.45, 2.75) is 26.0 Å². The Morgan fingerprint density at radius 3 is 2.50 bits per heavy atom. The first-order chi connectivity index (χ1) is 7.65. The standard InChI is InChI=1S/C12H16N2O2/c1-8(2)16-10-5-3-9(4-6-10)11-7-13-12(15)14-11/h3-6,8,11H,7H2,1-2H3,(H2,13,14,15)/t11-/m0/s1. The third-order valence-corrected chi connectivity index (χ3v) is 2.43. The highest BCUT2D eigenvalue weighted by Gasteiger charge is 2.21. The van der Waals surface area contributed by atoms with E-state index in [0.717, 1.165) is 11.3 Å². The summed E-state index contributed by atoms with van der Waals surface area (Å²) in [5, 5.41) is 5.57. The zero-order chi connectivity index (χ0) is 11.5. The normalized spacial score (nSPS) is 19.4. The Morgan fingerprint density at radius 1 is 1.31 bits per heavy atom. The Balaban J connectivity index is 2.04. The maximum absolute atomic E-state index is 11.0. The molecule has 2 rings (SSSR count). The lowest BCUT2D eigenvalue weighted by Crippen LogP contribution is -2.21. The van der Waals surface area contributed by atoms with Crippen molar-refractivity contribution in [1.82, 2.24) is 10.6 Å². The van der Waals surface area contributed by atoms with Gasteiger partial charge in [0.1, 0.15) is 5.75 Å². The molecular formula is C12H16N2O2. The molecule has 4 heteroatoms. The van der Waals surface area contributed by atoms with Crippen molar-refractivity contribution < 1.29 is 9.53 Å². The molecule has 1 saturated heterocycles. The molecule has 0 saturated carbocycles. The quantitative estimate of drug-likeness (QED) is 0.816. The summed E-state index contributed by atoms with van der Waals surface area (Å²) in [5.74, 6) is 0.857. The fourth-order valence-corrected chi connectivity index (χ4v) is 1.71. The molecule has 86 valence electrons. The van der Waals surface area contributed by atoms with E-state index in [1.807, 2.05) is 38.1 Å². The average Bonchev–Trinajstić information content (AvgIpc) is 2.65. The number of nitrogens with one attached hydrogen (secondary N) is 2. The van der Waals surface area contributed by atoms with Crippen molar-refractivity contribution in [2.24, 2.45) is 0 Å². The molecule has 1 aromatic carbocycles. The van der Waals surface area contributed by atoms with E-state index in [1.165, 1.54) is 0 Å². The van der Waals surface area contributed by atoms with Gasteiger partial charge in [-0.1, -0.05) is 12.1 Å². The van der Waals surface area contributed by atoms with Crippen LogP contribution in [0.2, 0.25) is 0 Å². The zero-order valence-electron chi connectivity index (χ0n) is 9.49. The first-order valence-electron chi connectivity index (χ1n) is 5.46. The Morgan fingerprint density at radius 2 is 2.00 bits per heavy atom. The summed E-state index contributed by atoms with van der Waals surface area (Å²) in [5.41, 5.74) is 1.09. The minimum absolute atomic E-state index is 0.0700. The molecule has 1 aliphatic rings. The summed E-state index contributed by atoms with van der Waals surface area (Å²) in [6, 6.07) is 7.79. The van der Waals surface area contributed by atoms with Crippen LogP contribution in [0.4, 0.5) is 4.79 Å². The van der Waals surface area contributed by atoms with Gasteiger partial charge in [-0.15, -0.1) is 0 Å². The fourth-order valence-electron chi connectivity index (χ4n) is 1.71. The molecule has 0 radical (unpaired) electrons. The summed E-state index contributed by atoms with van der Waals surface area (Å²) in [7, 11) is 0. The summed E-state index contributed by atoms with van der Waals surface area (Å²) in [6.07, 6.45) is 0.179. The van der Waals surface area contributed by atoms with Gasteiger partial charge in [0.25, 0.3) is 0 Å². The van der Waals surface area contributed by atoms with Crippen molar-refractivity contribution in [3.05, 3.63) is 29.8 Å². The SMILES string of the molecule is CC(C)Oc1ccc([C@@H]2CNC(=O)N2)cc1. The molecular weight excluding hydrogens is 204 g/mol. The lowest BCUT2D eigenvalue weighted by Gasteiger charge is -2.12. The Bertz CT molecular complexity index is 373. The van der Waals surface area contributed by atoms with Crippen LogP contribution in [-0.4, -0.2) is 18.7 Å². The second-order valence-corrected chi connectivity index (χ2v) is 4.14. The van der Waals surface area contributed by atoms with Crippen LogP contribution in [-0.2, 0) is 0 Å². The van der Waals surface area contributed by atoms with Crippen LogP contribution in [0.3, 0.4) is 0 Å². The maximum atomic E-state index is 11.0. The molecule has 4 nitrogen and oxygen atoms in total. The second-order valence-electron chi connectivity index (χ2n) is 4.14. The minimum Gasteiger partial charge on any atom is -0.491 e. The van der Waals surface area contributed by atoms with Crippen LogP contribution in [0, 0.1) is 0 Å². The number of hydrogen-bond donors (Lipinski definition) is 2. The van der Waals surface area contributed by atoms with Gasteiger partial charge in [-0.05, 0) is 31.5 Å². The molecule has 2 amide bonds. The Hall–Kier alpha value is -1.71. The topological polar surface area (TPSA) is 50.4 Å². The molecule has 0 spiro atoms. The van der Waals surface area contributed by atoms with Gasteiger partial charge >= 0.3 is 6.03 Å². The van der Waals surface area contributed by atoms with E-state index in [2.05, 4.69) is 10.6 Å². The zero-order valence-corrected chi connectivity index (χ0v) is 9.49. The molecule has 1 atom stereocenters. The molecule has 1 fully saturated rings. The van der Waals surface area contributed by atoms with Crippen molar-refractivity contribution in [3.63, 3.8) is 0 Å². The number of amides is 2. The van der Waals surface area contributed by atoms with E-state index in [1.54, 1.807) is 0 Å². The molecule has 0 aliphatic carbocycles. The summed E-state index contributed by atoms with van der Waals surface area (Å²) < 4.78 is 5.55. The highest BCUT2D eigenvalue weighted by Crippen LogP contribution is 2.19. The molecule has 1 aromatic rings. The summed E-state index contributed by atoms with van der Waals surface area (Å²) in [6.45, 7) is 4.63. The van der Waals surface area contributed by atoms with E-state index in [4.69, 9.17) is 4.74 Å². The van der Waals surface area contributed by atoms with Crippen molar-refractivity contribution in [1.29, 1.82) is 0 Å². The van der Waals surface area contributed by atoms with Crippen LogP contribution >= 0.6 is 0 Å². The van der Waals surface area contributed by atoms with Crippen LogP contribution in [0.15, 0.2) is 24.3 Å². The largest absolute Gasteiger partial charge is 0.491 e. The van der Waals surface area contributed by atoms with Gasteiger partial charge in [-0.2, -0.15) is 0 Å². The molecule has 1 aliphatic heterocycles. The van der Waals surface area contributed by atoms with Gasteiger partial charge < -0.3 is 15.4 Å². The fraction of sp³-hybridized carbons (Fsp3) is 0.417. The van der Waals surface area contributed by atoms with E-state index in [9.17, 15) is 4.79 Å². The van der Waals surface area contributed by atoms with Crippen molar-refractivity contribution in [3.8, 4) is 5.75 Å². The predicted molar refractivity (Wildman–Crippen MR) is 61.5 cm³/mol. The number of carbonyl (C=O) groups is 1. The van der Waals surface area contributed by atoms with E-state index < -0.39 is 0 Å². The highest BCUT2D eigenvalue weighted by atomic mass is 16.5. The molecule has 0 aromatic heterocycles. The summed E-state index contributed by atoms with van der Waals surface area (Å²) >= 11 is 0. The Kier molecular flexibility index (Phi) is 2.99.